The summed E-state index contributed by atoms with van der Waals surface area (Å²) < 4.78 is 34.1. The van der Waals surface area contributed by atoms with Gasteiger partial charge in [0.2, 0.25) is 5.91 Å². The van der Waals surface area contributed by atoms with Gasteiger partial charge in [0.15, 0.2) is 11.5 Å². The van der Waals surface area contributed by atoms with Crippen molar-refractivity contribution in [3.05, 3.63) is 65.7 Å². The second kappa shape index (κ2) is 10.3. The number of aliphatic hydroxyl groups is 1. The molecule has 0 spiro atoms. The summed E-state index contributed by atoms with van der Waals surface area (Å²) in [5, 5.41) is 9.21. The molecule has 0 unspecified atom stereocenters. The highest BCUT2D eigenvalue weighted by Gasteiger charge is 2.12. The van der Waals surface area contributed by atoms with Crippen LogP contribution in [0.15, 0.2) is 54.6 Å². The quantitative estimate of drug-likeness (QED) is 0.681. The van der Waals surface area contributed by atoms with Crippen LogP contribution in [0.25, 0.3) is 6.08 Å². The molecule has 1 amide bonds. The van der Waals surface area contributed by atoms with Crippen molar-refractivity contribution >= 4 is 12.0 Å². The van der Waals surface area contributed by atoms with Gasteiger partial charge in [0.05, 0.1) is 13.7 Å². The molecule has 0 saturated carbocycles. The molecule has 2 aromatic carbocycles. The number of hydrogen-bond donors (Lipinski definition) is 1. The largest absolute Gasteiger partial charge is 0.493 e. The van der Waals surface area contributed by atoms with Crippen LogP contribution in [0.1, 0.15) is 11.1 Å². The lowest BCUT2D eigenvalue weighted by Gasteiger charge is -2.20. The van der Waals surface area contributed by atoms with Gasteiger partial charge >= 0.3 is 6.61 Å². The van der Waals surface area contributed by atoms with Crippen molar-refractivity contribution in [2.24, 2.45) is 0 Å². The van der Waals surface area contributed by atoms with Crippen LogP contribution in [0.3, 0.4) is 0 Å². The topological polar surface area (TPSA) is 59.0 Å². The summed E-state index contributed by atoms with van der Waals surface area (Å²) in [6.45, 7) is -2.54. The van der Waals surface area contributed by atoms with Gasteiger partial charge in [-0.2, -0.15) is 8.78 Å². The molecule has 7 heteroatoms. The first-order valence-corrected chi connectivity index (χ1v) is 8.28. The molecule has 144 valence electrons. The summed E-state index contributed by atoms with van der Waals surface area (Å²) in [7, 11) is 1.34. The Hall–Kier alpha value is -2.93. The van der Waals surface area contributed by atoms with Gasteiger partial charge in [0.1, 0.15) is 0 Å². The first-order valence-electron chi connectivity index (χ1n) is 8.28. The van der Waals surface area contributed by atoms with Crippen LogP contribution in [-0.2, 0) is 11.3 Å². The number of amides is 1. The van der Waals surface area contributed by atoms with Crippen LogP contribution in [0.4, 0.5) is 8.78 Å². The highest BCUT2D eigenvalue weighted by molar-refractivity contribution is 5.91. The van der Waals surface area contributed by atoms with Crippen LogP contribution in [0.2, 0.25) is 0 Å². The van der Waals surface area contributed by atoms with E-state index in [4.69, 9.17) is 4.74 Å². The van der Waals surface area contributed by atoms with E-state index in [1.165, 1.54) is 36.3 Å². The zero-order valence-corrected chi connectivity index (χ0v) is 14.8. The van der Waals surface area contributed by atoms with E-state index in [0.717, 1.165) is 5.56 Å². The maximum atomic E-state index is 12.5. The molecule has 0 aliphatic heterocycles. The summed E-state index contributed by atoms with van der Waals surface area (Å²) >= 11 is 0. The van der Waals surface area contributed by atoms with E-state index in [9.17, 15) is 18.7 Å². The number of ether oxygens (including phenoxy) is 2. The molecule has 2 rings (SSSR count). The number of carbonyl (C=O) groups is 1. The van der Waals surface area contributed by atoms with Crippen molar-refractivity contribution in [2.45, 2.75) is 13.2 Å². The summed E-state index contributed by atoms with van der Waals surface area (Å²) in [6, 6.07) is 13.8. The molecule has 0 fully saturated rings. The molecular formula is C20H21F2NO4. The number of nitrogens with zero attached hydrogens (tertiary/aromatic N) is 1. The van der Waals surface area contributed by atoms with Crippen LogP contribution >= 0.6 is 0 Å². The third kappa shape index (κ3) is 6.38. The van der Waals surface area contributed by atoms with E-state index in [-0.39, 0.29) is 30.6 Å². The zero-order chi connectivity index (χ0) is 19.6. The van der Waals surface area contributed by atoms with E-state index in [1.807, 2.05) is 30.3 Å². The molecule has 2 aromatic rings. The van der Waals surface area contributed by atoms with Gasteiger partial charge in [-0.1, -0.05) is 36.4 Å². The number of carbonyl (C=O) groups excluding carboxylic acids is 1. The van der Waals surface area contributed by atoms with Crippen molar-refractivity contribution in [3.63, 3.8) is 0 Å². The number of methoxy groups -OCH3 is 1. The normalized spacial score (nSPS) is 11.0. The Morgan fingerprint density at radius 3 is 2.56 bits per heavy atom. The predicted molar refractivity (Wildman–Crippen MR) is 97.6 cm³/mol. The zero-order valence-electron chi connectivity index (χ0n) is 14.8. The summed E-state index contributed by atoms with van der Waals surface area (Å²) in [6.07, 6.45) is 2.91. The van der Waals surface area contributed by atoms with Crippen LogP contribution in [0, 0.1) is 0 Å². The minimum absolute atomic E-state index is 0.0815. The minimum Gasteiger partial charge on any atom is -0.493 e. The number of aliphatic hydroxyl groups excluding tert-OH is 1. The Labute approximate surface area is 156 Å². The van der Waals surface area contributed by atoms with Crippen LogP contribution < -0.4 is 9.47 Å². The lowest BCUT2D eigenvalue weighted by atomic mass is 10.1. The lowest BCUT2D eigenvalue weighted by Crippen LogP contribution is -2.31. The molecule has 1 N–H and O–H groups in total. The predicted octanol–water partition coefficient (Wildman–Crippen LogP) is 3.33. The smallest absolute Gasteiger partial charge is 0.387 e. The molecule has 0 aromatic heterocycles. The fraction of sp³-hybridized carbons (Fsp3) is 0.250. The standard InChI is InChI=1S/C20H21F2NO4/c1-26-18-13-15(7-9-17(18)27-20(21)22)8-10-19(25)23(11-12-24)14-16-5-3-2-4-6-16/h2-10,13,20,24H,11-12,14H2,1H3/b10-8+. The average Bonchev–Trinajstić information content (AvgIpc) is 2.67. The average molecular weight is 377 g/mol. The Bertz CT molecular complexity index is 766. The van der Waals surface area contributed by atoms with Crippen molar-refractivity contribution in [3.8, 4) is 11.5 Å². The maximum absolute atomic E-state index is 12.5. The summed E-state index contributed by atoms with van der Waals surface area (Å²) in [4.78, 5) is 14.0. The van der Waals surface area contributed by atoms with E-state index in [2.05, 4.69) is 4.74 Å². The Balaban J connectivity index is 2.10. The monoisotopic (exact) mass is 377 g/mol. The van der Waals surface area contributed by atoms with Crippen molar-refractivity contribution in [1.82, 2.24) is 4.90 Å². The minimum atomic E-state index is -2.95. The Kier molecular flexibility index (Phi) is 7.76. The van der Waals surface area contributed by atoms with Gasteiger partial charge in [0, 0.05) is 19.2 Å². The van der Waals surface area contributed by atoms with Crippen molar-refractivity contribution < 1.29 is 28.2 Å². The van der Waals surface area contributed by atoms with Crippen molar-refractivity contribution in [1.29, 1.82) is 0 Å². The molecule has 5 nitrogen and oxygen atoms in total. The highest BCUT2D eigenvalue weighted by Crippen LogP contribution is 2.29. The van der Waals surface area contributed by atoms with Gasteiger partial charge in [-0.05, 0) is 29.3 Å². The number of halogens is 2. The summed E-state index contributed by atoms with van der Waals surface area (Å²) in [5.74, 6) is -0.219. The molecule has 0 radical (unpaired) electrons. The fourth-order valence-electron chi connectivity index (χ4n) is 2.45. The molecule has 0 aliphatic rings. The Morgan fingerprint density at radius 2 is 1.93 bits per heavy atom. The van der Waals surface area contributed by atoms with Gasteiger partial charge in [-0.25, -0.2) is 0 Å². The Morgan fingerprint density at radius 1 is 1.19 bits per heavy atom. The fourth-order valence-corrected chi connectivity index (χ4v) is 2.45. The molecule has 0 bridgehead atoms. The van der Waals surface area contributed by atoms with Crippen LogP contribution in [0.5, 0.6) is 11.5 Å². The molecule has 0 aliphatic carbocycles. The van der Waals surface area contributed by atoms with Crippen LogP contribution in [-0.4, -0.2) is 42.8 Å². The molecule has 0 heterocycles. The van der Waals surface area contributed by atoms with E-state index in [0.29, 0.717) is 12.1 Å². The van der Waals surface area contributed by atoms with Crippen molar-refractivity contribution in [2.75, 3.05) is 20.3 Å². The first-order chi connectivity index (χ1) is 13.0. The lowest BCUT2D eigenvalue weighted by molar-refractivity contribution is -0.127. The third-order valence-electron chi connectivity index (χ3n) is 3.72. The number of hydrogen-bond acceptors (Lipinski definition) is 4. The third-order valence-corrected chi connectivity index (χ3v) is 3.72. The summed E-state index contributed by atoms with van der Waals surface area (Å²) in [5.41, 5.74) is 1.54. The van der Waals surface area contributed by atoms with E-state index < -0.39 is 6.61 Å². The SMILES string of the molecule is COc1cc(/C=C/C(=O)N(CCO)Cc2ccccc2)ccc1OC(F)F. The molecule has 0 saturated heterocycles. The van der Waals surface area contributed by atoms with Gasteiger partial charge < -0.3 is 19.5 Å². The van der Waals surface area contributed by atoms with Gasteiger partial charge in [0.25, 0.3) is 0 Å². The molecule has 0 atom stereocenters. The molecule has 27 heavy (non-hydrogen) atoms. The van der Waals surface area contributed by atoms with Gasteiger partial charge in [-0.3, -0.25) is 4.79 Å². The first kappa shape index (κ1) is 20.4. The second-order valence-electron chi connectivity index (χ2n) is 5.59. The second-order valence-corrected chi connectivity index (χ2v) is 5.59. The van der Waals surface area contributed by atoms with E-state index >= 15 is 0 Å². The maximum Gasteiger partial charge on any atom is 0.387 e. The highest BCUT2D eigenvalue weighted by atomic mass is 19.3. The van der Waals surface area contributed by atoms with Gasteiger partial charge in [-0.15, -0.1) is 0 Å². The van der Waals surface area contributed by atoms with E-state index in [1.54, 1.807) is 6.08 Å². The number of benzene rings is 2. The number of rotatable bonds is 9. The molecular weight excluding hydrogens is 356 g/mol. The number of alkyl halides is 2.